The fourth-order valence-corrected chi connectivity index (χ4v) is 0.652. The van der Waals surface area contributed by atoms with E-state index in [4.69, 9.17) is 14.2 Å². The van der Waals surface area contributed by atoms with E-state index in [9.17, 15) is 0 Å². The molecule has 0 saturated carbocycles. The summed E-state index contributed by atoms with van der Waals surface area (Å²) in [6, 6.07) is 0. The highest BCUT2D eigenvalue weighted by Crippen LogP contribution is 1.84. The van der Waals surface area contributed by atoms with Crippen LogP contribution in [0.3, 0.4) is 0 Å². The van der Waals surface area contributed by atoms with Crippen LogP contribution in [0.25, 0.3) is 0 Å². The summed E-state index contributed by atoms with van der Waals surface area (Å²) in [5.41, 5.74) is 0. The van der Waals surface area contributed by atoms with Crippen molar-refractivity contribution in [3.63, 3.8) is 0 Å². The number of hydrogen-bond acceptors (Lipinski definition) is 3. The molecule has 0 fully saturated rings. The Hall–Kier alpha value is -0.120. The first-order valence-electron chi connectivity index (χ1n) is 4.06. The fraction of sp³-hybridized carbons (Fsp3) is 1.00. The predicted octanol–water partition coefficient (Wildman–Crippen LogP) is 1.08. The second-order valence-corrected chi connectivity index (χ2v) is 2.16. The van der Waals surface area contributed by atoms with Gasteiger partial charge in [0.15, 0.2) is 0 Å². The van der Waals surface area contributed by atoms with Crippen molar-refractivity contribution in [1.29, 1.82) is 0 Å². The minimum atomic E-state index is 0.675. The van der Waals surface area contributed by atoms with Crippen LogP contribution in [0.5, 0.6) is 0 Å². The van der Waals surface area contributed by atoms with Crippen LogP contribution < -0.4 is 0 Å². The maximum absolute atomic E-state index is 5.22. The molecular formula is C8H18O3. The predicted molar refractivity (Wildman–Crippen MR) is 43.8 cm³/mol. The highest BCUT2D eigenvalue weighted by molar-refractivity contribution is 4.34. The smallest absolute Gasteiger partial charge is 0.0700 e. The van der Waals surface area contributed by atoms with Gasteiger partial charge in [0.05, 0.1) is 13.2 Å². The maximum atomic E-state index is 5.22. The molecule has 3 heteroatoms. The first-order chi connectivity index (χ1) is 5.41. The van der Waals surface area contributed by atoms with Gasteiger partial charge in [-0.2, -0.15) is 0 Å². The second kappa shape index (κ2) is 9.88. The topological polar surface area (TPSA) is 27.7 Å². The molecule has 0 aromatic carbocycles. The zero-order chi connectivity index (χ0) is 8.36. The molecule has 0 rings (SSSR count). The molecule has 0 aliphatic carbocycles. The van der Waals surface area contributed by atoms with Gasteiger partial charge in [-0.25, -0.2) is 0 Å². The Morgan fingerprint density at radius 1 is 0.909 bits per heavy atom. The summed E-state index contributed by atoms with van der Waals surface area (Å²) in [4.78, 5) is 0. The van der Waals surface area contributed by atoms with Gasteiger partial charge in [-0.05, 0) is 13.3 Å². The van der Waals surface area contributed by atoms with Crippen LogP contribution in [-0.4, -0.2) is 40.1 Å². The highest BCUT2D eigenvalue weighted by Gasteiger charge is 1.87. The minimum absolute atomic E-state index is 0.675. The summed E-state index contributed by atoms with van der Waals surface area (Å²) in [5, 5.41) is 0. The molecule has 0 heterocycles. The molecule has 0 radical (unpaired) electrons. The van der Waals surface area contributed by atoms with E-state index in [2.05, 4.69) is 0 Å². The van der Waals surface area contributed by atoms with Gasteiger partial charge in [0, 0.05) is 26.9 Å². The summed E-state index contributed by atoms with van der Waals surface area (Å²) in [6.45, 7) is 5.70. The zero-order valence-corrected chi connectivity index (χ0v) is 7.47. The van der Waals surface area contributed by atoms with E-state index in [0.717, 1.165) is 26.2 Å². The van der Waals surface area contributed by atoms with Crippen molar-refractivity contribution in [2.45, 2.75) is 13.3 Å². The van der Waals surface area contributed by atoms with Crippen LogP contribution in [0.2, 0.25) is 0 Å². The molecule has 68 valence electrons. The molecule has 0 N–H and O–H groups in total. The van der Waals surface area contributed by atoms with Crippen molar-refractivity contribution >= 4 is 0 Å². The van der Waals surface area contributed by atoms with Gasteiger partial charge >= 0.3 is 0 Å². The normalized spacial score (nSPS) is 10.4. The van der Waals surface area contributed by atoms with Crippen LogP contribution in [0.1, 0.15) is 13.3 Å². The molecule has 0 saturated heterocycles. The van der Waals surface area contributed by atoms with E-state index in [-0.39, 0.29) is 0 Å². The van der Waals surface area contributed by atoms with Crippen molar-refractivity contribution in [3.8, 4) is 0 Å². The quantitative estimate of drug-likeness (QED) is 0.500. The van der Waals surface area contributed by atoms with Crippen LogP contribution in [0, 0.1) is 0 Å². The lowest BCUT2D eigenvalue weighted by Crippen LogP contribution is -2.05. The molecule has 0 bridgehead atoms. The molecule has 0 amide bonds. The second-order valence-electron chi connectivity index (χ2n) is 2.16. The Labute approximate surface area is 68.6 Å². The Morgan fingerprint density at radius 2 is 1.64 bits per heavy atom. The third kappa shape index (κ3) is 9.88. The summed E-state index contributed by atoms with van der Waals surface area (Å²) in [7, 11) is 1.67. The highest BCUT2D eigenvalue weighted by atomic mass is 16.5. The molecule has 0 aliphatic rings. The third-order valence-corrected chi connectivity index (χ3v) is 1.21. The van der Waals surface area contributed by atoms with Gasteiger partial charge in [-0.1, -0.05) is 0 Å². The monoisotopic (exact) mass is 162 g/mol. The Morgan fingerprint density at radius 3 is 2.27 bits per heavy atom. The Kier molecular flexibility index (Phi) is 9.77. The molecular weight excluding hydrogens is 144 g/mol. The van der Waals surface area contributed by atoms with E-state index in [1.165, 1.54) is 0 Å². The van der Waals surface area contributed by atoms with Crippen molar-refractivity contribution in [3.05, 3.63) is 0 Å². The maximum Gasteiger partial charge on any atom is 0.0700 e. The SMILES string of the molecule is CCOCCCOCCOC. The largest absolute Gasteiger partial charge is 0.382 e. The fourth-order valence-electron chi connectivity index (χ4n) is 0.652. The van der Waals surface area contributed by atoms with E-state index >= 15 is 0 Å². The van der Waals surface area contributed by atoms with Crippen molar-refractivity contribution in [2.24, 2.45) is 0 Å². The lowest BCUT2D eigenvalue weighted by atomic mass is 10.5. The molecule has 11 heavy (non-hydrogen) atoms. The summed E-state index contributed by atoms with van der Waals surface area (Å²) < 4.78 is 15.2. The molecule has 3 nitrogen and oxygen atoms in total. The molecule has 0 unspecified atom stereocenters. The van der Waals surface area contributed by atoms with Gasteiger partial charge in [-0.3, -0.25) is 0 Å². The Bertz CT molecular complexity index is 58.4. The van der Waals surface area contributed by atoms with Crippen LogP contribution in [-0.2, 0) is 14.2 Å². The Balaban J connectivity index is 2.69. The van der Waals surface area contributed by atoms with E-state index < -0.39 is 0 Å². The van der Waals surface area contributed by atoms with E-state index in [1.807, 2.05) is 6.92 Å². The average molecular weight is 162 g/mol. The van der Waals surface area contributed by atoms with Gasteiger partial charge in [0.2, 0.25) is 0 Å². The lowest BCUT2D eigenvalue weighted by molar-refractivity contribution is 0.0533. The molecule has 0 aromatic heterocycles. The van der Waals surface area contributed by atoms with Crippen molar-refractivity contribution in [1.82, 2.24) is 0 Å². The minimum Gasteiger partial charge on any atom is -0.382 e. The summed E-state index contributed by atoms with van der Waals surface area (Å²) >= 11 is 0. The molecule has 0 atom stereocenters. The molecule has 0 spiro atoms. The number of methoxy groups -OCH3 is 1. The van der Waals surface area contributed by atoms with Gasteiger partial charge in [0.1, 0.15) is 0 Å². The van der Waals surface area contributed by atoms with Gasteiger partial charge < -0.3 is 14.2 Å². The van der Waals surface area contributed by atoms with Crippen molar-refractivity contribution in [2.75, 3.05) is 40.1 Å². The lowest BCUT2D eigenvalue weighted by Gasteiger charge is -2.02. The van der Waals surface area contributed by atoms with Gasteiger partial charge in [0.25, 0.3) is 0 Å². The average Bonchev–Trinajstić information content (AvgIpc) is 2.03. The number of rotatable bonds is 8. The summed E-state index contributed by atoms with van der Waals surface area (Å²) in [6.07, 6.45) is 0.970. The van der Waals surface area contributed by atoms with Gasteiger partial charge in [-0.15, -0.1) is 0 Å². The first kappa shape index (κ1) is 10.9. The van der Waals surface area contributed by atoms with Crippen LogP contribution in [0.4, 0.5) is 0 Å². The van der Waals surface area contributed by atoms with Crippen molar-refractivity contribution < 1.29 is 14.2 Å². The van der Waals surface area contributed by atoms with E-state index in [1.54, 1.807) is 7.11 Å². The molecule has 0 aliphatic heterocycles. The number of hydrogen-bond donors (Lipinski definition) is 0. The standard InChI is InChI=1S/C8H18O3/c1-3-10-5-4-6-11-8-7-9-2/h3-8H2,1-2H3. The first-order valence-corrected chi connectivity index (χ1v) is 4.06. The van der Waals surface area contributed by atoms with E-state index in [0.29, 0.717) is 13.2 Å². The number of ether oxygens (including phenoxy) is 3. The summed E-state index contributed by atoms with van der Waals surface area (Å²) in [5.74, 6) is 0. The molecule has 0 aromatic rings. The zero-order valence-electron chi connectivity index (χ0n) is 7.47. The third-order valence-electron chi connectivity index (χ3n) is 1.21. The van der Waals surface area contributed by atoms with Crippen LogP contribution in [0.15, 0.2) is 0 Å². The van der Waals surface area contributed by atoms with Crippen LogP contribution >= 0.6 is 0 Å².